The van der Waals surface area contributed by atoms with E-state index >= 15 is 0 Å². The highest BCUT2D eigenvalue weighted by Gasteiger charge is 2.48. The van der Waals surface area contributed by atoms with Crippen molar-refractivity contribution < 1.29 is 19.1 Å². The van der Waals surface area contributed by atoms with E-state index in [-0.39, 0.29) is 23.6 Å². The molecule has 0 aromatic heterocycles. The van der Waals surface area contributed by atoms with Gasteiger partial charge in [-0.3, -0.25) is 9.69 Å². The van der Waals surface area contributed by atoms with Crippen LogP contribution in [0.1, 0.15) is 94.7 Å². The summed E-state index contributed by atoms with van der Waals surface area (Å²) < 4.78 is 11.0. The average molecular weight is 512 g/mol. The zero-order valence-corrected chi connectivity index (χ0v) is 23.2. The van der Waals surface area contributed by atoms with E-state index in [0.29, 0.717) is 12.5 Å². The molecule has 5 rings (SSSR count). The minimum Gasteiger partial charge on any atom is -0.496 e. The molecule has 0 radical (unpaired) electrons. The second kappa shape index (κ2) is 10.5. The number of urea groups is 1. The molecular weight excluding hydrogens is 466 g/mol. The van der Waals surface area contributed by atoms with Crippen LogP contribution in [0.3, 0.4) is 0 Å². The van der Waals surface area contributed by atoms with E-state index in [4.69, 9.17) is 9.47 Å². The van der Waals surface area contributed by atoms with Gasteiger partial charge in [0.15, 0.2) is 0 Å². The number of hydrogen-bond donors (Lipinski definition) is 1. The minimum atomic E-state index is -0.413. The number of nitrogens with zero attached hydrogens (tertiary/aromatic N) is 2. The van der Waals surface area contributed by atoms with Crippen molar-refractivity contribution >= 4 is 12.0 Å². The van der Waals surface area contributed by atoms with Gasteiger partial charge in [-0.15, -0.1) is 0 Å². The van der Waals surface area contributed by atoms with Crippen LogP contribution in [0.4, 0.5) is 4.79 Å². The summed E-state index contributed by atoms with van der Waals surface area (Å²) in [5.74, 6) is 1.63. The molecule has 1 N–H and O–H groups in total. The SMILES string of the molecule is CCOC(=O)[C@]1(C)CC[C@@H](N2CC3(CCN(Cc4cc(C5CC5)c(OC)cc4CC)CC3)NC2=O)CC1. The smallest absolute Gasteiger partial charge is 0.318 e. The van der Waals surface area contributed by atoms with Crippen LogP contribution in [0, 0.1) is 5.41 Å². The number of amides is 2. The van der Waals surface area contributed by atoms with Crippen molar-refractivity contribution in [2.24, 2.45) is 5.41 Å². The molecule has 1 aromatic carbocycles. The van der Waals surface area contributed by atoms with Crippen LogP contribution < -0.4 is 10.1 Å². The maximum atomic E-state index is 13.1. The fourth-order valence-corrected chi connectivity index (χ4v) is 6.81. The van der Waals surface area contributed by atoms with Crippen molar-refractivity contribution in [1.29, 1.82) is 0 Å². The Balaban J connectivity index is 1.18. The molecule has 1 spiro atoms. The topological polar surface area (TPSA) is 71.1 Å². The third kappa shape index (κ3) is 5.34. The predicted molar refractivity (Wildman–Crippen MR) is 144 cm³/mol. The first kappa shape index (κ1) is 26.3. The number of rotatable bonds is 8. The number of carbonyl (C=O) groups excluding carboxylic acids is 2. The molecule has 7 heteroatoms. The number of ether oxygens (including phenoxy) is 2. The lowest BCUT2D eigenvalue weighted by atomic mass is 9.73. The van der Waals surface area contributed by atoms with Crippen molar-refractivity contribution in [3.8, 4) is 5.75 Å². The summed E-state index contributed by atoms with van der Waals surface area (Å²) >= 11 is 0. The van der Waals surface area contributed by atoms with Gasteiger partial charge in [0.25, 0.3) is 0 Å². The fourth-order valence-electron chi connectivity index (χ4n) is 6.81. The van der Waals surface area contributed by atoms with Gasteiger partial charge in [0, 0.05) is 32.2 Å². The monoisotopic (exact) mass is 511 g/mol. The Morgan fingerprint density at radius 3 is 2.35 bits per heavy atom. The van der Waals surface area contributed by atoms with E-state index in [1.807, 2.05) is 13.8 Å². The number of likely N-dealkylation sites (tertiary alicyclic amines) is 1. The molecule has 2 aliphatic heterocycles. The van der Waals surface area contributed by atoms with E-state index in [9.17, 15) is 9.59 Å². The van der Waals surface area contributed by atoms with Crippen LogP contribution in [-0.2, 0) is 22.5 Å². The number of esters is 1. The number of benzene rings is 1. The van der Waals surface area contributed by atoms with Gasteiger partial charge in [0.1, 0.15) is 5.75 Å². The van der Waals surface area contributed by atoms with Crippen molar-refractivity contribution in [3.05, 3.63) is 28.8 Å². The van der Waals surface area contributed by atoms with Crippen LogP contribution in [-0.4, -0.2) is 66.7 Å². The van der Waals surface area contributed by atoms with E-state index in [2.05, 4.69) is 34.2 Å². The van der Waals surface area contributed by atoms with Crippen molar-refractivity contribution in [1.82, 2.24) is 15.1 Å². The quantitative estimate of drug-likeness (QED) is 0.497. The molecule has 4 aliphatic rings. The maximum Gasteiger partial charge on any atom is 0.318 e. The number of methoxy groups -OCH3 is 1. The molecule has 0 unspecified atom stereocenters. The minimum absolute atomic E-state index is 0.0793. The highest BCUT2D eigenvalue weighted by Crippen LogP contribution is 2.46. The highest BCUT2D eigenvalue weighted by atomic mass is 16.5. The van der Waals surface area contributed by atoms with Crippen LogP contribution in [0.15, 0.2) is 12.1 Å². The molecule has 0 atom stereocenters. The Labute approximate surface area is 222 Å². The van der Waals surface area contributed by atoms with Gasteiger partial charge in [-0.2, -0.15) is 0 Å². The van der Waals surface area contributed by atoms with Gasteiger partial charge in [0.05, 0.1) is 24.7 Å². The lowest BCUT2D eigenvalue weighted by Crippen LogP contribution is -2.52. The summed E-state index contributed by atoms with van der Waals surface area (Å²) in [7, 11) is 1.79. The first-order chi connectivity index (χ1) is 17.8. The number of aryl methyl sites for hydroxylation is 1. The first-order valence-electron chi connectivity index (χ1n) is 14.5. The van der Waals surface area contributed by atoms with Gasteiger partial charge in [-0.1, -0.05) is 13.0 Å². The molecular formula is C30H45N3O4. The Morgan fingerprint density at radius 2 is 1.76 bits per heavy atom. The molecule has 2 saturated heterocycles. The summed E-state index contributed by atoms with van der Waals surface area (Å²) in [5.41, 5.74) is 3.67. The number of nitrogens with one attached hydrogen (secondary N) is 1. The second-order valence-corrected chi connectivity index (χ2v) is 12.1. The van der Waals surface area contributed by atoms with Crippen molar-refractivity contribution in [3.63, 3.8) is 0 Å². The van der Waals surface area contributed by atoms with Crippen LogP contribution in [0.25, 0.3) is 0 Å². The van der Waals surface area contributed by atoms with E-state index < -0.39 is 5.41 Å². The zero-order chi connectivity index (χ0) is 26.2. The van der Waals surface area contributed by atoms with Crippen LogP contribution in [0.5, 0.6) is 5.75 Å². The average Bonchev–Trinajstić information content (AvgIpc) is 3.70. The molecule has 2 amide bonds. The summed E-state index contributed by atoms with van der Waals surface area (Å²) in [6, 6.07) is 4.97. The van der Waals surface area contributed by atoms with Gasteiger partial charge < -0.3 is 19.7 Å². The molecule has 204 valence electrons. The lowest BCUT2D eigenvalue weighted by Gasteiger charge is -2.41. The maximum absolute atomic E-state index is 13.1. The van der Waals surface area contributed by atoms with Crippen LogP contribution >= 0.6 is 0 Å². The molecule has 37 heavy (non-hydrogen) atoms. The summed E-state index contributed by atoms with van der Waals surface area (Å²) in [6.45, 7) is 10.3. The molecule has 0 bridgehead atoms. The Bertz CT molecular complexity index is 1000. The predicted octanol–water partition coefficient (Wildman–Crippen LogP) is 5.01. The summed E-state index contributed by atoms with van der Waals surface area (Å²) in [6.07, 6.45) is 8.81. The van der Waals surface area contributed by atoms with Gasteiger partial charge in [-0.25, -0.2) is 4.79 Å². The van der Waals surface area contributed by atoms with E-state index in [1.165, 1.54) is 29.5 Å². The normalized spacial score (nSPS) is 27.8. The number of carbonyl (C=O) groups is 2. The fraction of sp³-hybridized carbons (Fsp3) is 0.733. The standard InChI is InChI=1S/C30H45N3O4/c1-5-21-18-26(36-4)25(22-7-8-22)17-23(21)19-32-15-13-30(14-16-32)20-33(28(35)31-30)24-9-11-29(3,12-10-24)27(34)37-6-2/h17-18,22,24H,5-16,19-20H2,1-4H3,(H,31,35)/t24-,29-. The van der Waals surface area contributed by atoms with Crippen molar-refractivity contribution in [2.75, 3.05) is 33.4 Å². The Morgan fingerprint density at radius 1 is 1.05 bits per heavy atom. The zero-order valence-electron chi connectivity index (χ0n) is 23.2. The van der Waals surface area contributed by atoms with E-state index in [1.54, 1.807) is 7.11 Å². The summed E-state index contributed by atoms with van der Waals surface area (Å²) in [4.78, 5) is 30.1. The molecule has 1 aromatic rings. The first-order valence-corrected chi connectivity index (χ1v) is 14.5. The van der Waals surface area contributed by atoms with Crippen molar-refractivity contribution in [2.45, 2.75) is 103 Å². The summed E-state index contributed by atoms with van der Waals surface area (Å²) in [5, 5.41) is 3.39. The number of piperidine rings is 1. The molecule has 2 saturated carbocycles. The van der Waals surface area contributed by atoms with Gasteiger partial charge in [0.2, 0.25) is 0 Å². The Hall–Kier alpha value is -2.28. The molecule has 4 fully saturated rings. The largest absolute Gasteiger partial charge is 0.496 e. The molecule has 2 heterocycles. The second-order valence-electron chi connectivity index (χ2n) is 12.1. The third-order valence-electron chi connectivity index (χ3n) is 9.53. The number of hydrogen-bond acceptors (Lipinski definition) is 5. The van der Waals surface area contributed by atoms with Crippen LogP contribution in [0.2, 0.25) is 0 Å². The lowest BCUT2D eigenvalue weighted by molar-refractivity contribution is -0.156. The van der Waals surface area contributed by atoms with Gasteiger partial charge >= 0.3 is 12.0 Å². The molecule has 2 aliphatic carbocycles. The van der Waals surface area contributed by atoms with Gasteiger partial charge in [-0.05, 0) is 100 Å². The molecule has 7 nitrogen and oxygen atoms in total. The van der Waals surface area contributed by atoms with E-state index in [0.717, 1.165) is 76.9 Å². The third-order valence-corrected chi connectivity index (χ3v) is 9.53. The highest BCUT2D eigenvalue weighted by molar-refractivity contribution is 5.79. The Kier molecular flexibility index (Phi) is 7.45.